The second-order valence-electron chi connectivity index (χ2n) is 6.31. The highest BCUT2D eigenvalue weighted by atomic mass is 32.1. The summed E-state index contributed by atoms with van der Waals surface area (Å²) in [6.45, 7) is 13.0. The summed E-state index contributed by atoms with van der Waals surface area (Å²) in [6, 6.07) is 0. The van der Waals surface area contributed by atoms with Crippen LogP contribution in [0.1, 0.15) is 50.6 Å². The van der Waals surface area contributed by atoms with Crippen LogP contribution >= 0.6 is 11.3 Å². The van der Waals surface area contributed by atoms with E-state index in [1.165, 1.54) is 0 Å². The molecular formula is C15H27N3OS. The molecule has 1 fully saturated rings. The van der Waals surface area contributed by atoms with Crippen molar-refractivity contribution in [3.05, 3.63) is 10.0 Å². The normalized spacial score (nSPS) is 30.3. The van der Waals surface area contributed by atoms with E-state index >= 15 is 0 Å². The molecule has 4 unspecified atom stereocenters. The molecule has 0 aliphatic carbocycles. The smallest absolute Gasteiger partial charge is 0.123 e. The molecule has 2 heterocycles. The molecule has 1 aromatic rings. The molecule has 0 amide bonds. The van der Waals surface area contributed by atoms with Gasteiger partial charge in [0, 0.05) is 18.9 Å². The van der Waals surface area contributed by atoms with Gasteiger partial charge >= 0.3 is 0 Å². The van der Waals surface area contributed by atoms with Gasteiger partial charge in [-0.1, -0.05) is 20.8 Å². The van der Waals surface area contributed by atoms with Crippen LogP contribution in [0.15, 0.2) is 0 Å². The van der Waals surface area contributed by atoms with Crippen LogP contribution in [0.4, 0.5) is 0 Å². The molecular weight excluding hydrogens is 270 g/mol. The van der Waals surface area contributed by atoms with Crippen molar-refractivity contribution < 1.29 is 4.74 Å². The summed E-state index contributed by atoms with van der Waals surface area (Å²) >= 11 is 1.76. The number of nitrogens with one attached hydrogen (secondary N) is 1. The average Bonchev–Trinajstić information content (AvgIpc) is 2.91. The fraction of sp³-hybridized carbons (Fsp3) is 0.867. The Kier molecular flexibility index (Phi) is 5.52. The molecule has 0 aromatic carbocycles. The minimum absolute atomic E-state index is 0.250. The Labute approximate surface area is 126 Å². The van der Waals surface area contributed by atoms with E-state index in [4.69, 9.17) is 4.74 Å². The maximum Gasteiger partial charge on any atom is 0.123 e. The predicted octanol–water partition coefficient (Wildman–Crippen LogP) is 2.85. The molecule has 4 nitrogen and oxygen atoms in total. The summed E-state index contributed by atoms with van der Waals surface area (Å²) in [4.78, 5) is 0. The highest BCUT2D eigenvalue weighted by Crippen LogP contribution is 2.40. The molecule has 20 heavy (non-hydrogen) atoms. The van der Waals surface area contributed by atoms with E-state index in [2.05, 4.69) is 50.1 Å². The molecule has 0 bridgehead atoms. The van der Waals surface area contributed by atoms with Crippen LogP contribution < -0.4 is 5.32 Å². The standard InChI is InChI=1S/C15H27N3OS/c1-9(2)8-16-7-6-13-17-18-15(20-13)14-10(3)11(4)19-12(14)5/h9-12,14,16H,6-8H2,1-5H3. The van der Waals surface area contributed by atoms with Gasteiger partial charge in [0.05, 0.1) is 12.2 Å². The number of aromatic nitrogens is 2. The van der Waals surface area contributed by atoms with E-state index in [-0.39, 0.29) is 6.10 Å². The van der Waals surface area contributed by atoms with Gasteiger partial charge in [-0.15, -0.1) is 21.5 Å². The highest BCUT2D eigenvalue weighted by molar-refractivity contribution is 7.11. The molecule has 5 heteroatoms. The van der Waals surface area contributed by atoms with Crippen LogP contribution in [-0.2, 0) is 11.2 Å². The lowest BCUT2D eigenvalue weighted by molar-refractivity contribution is 0.0556. The minimum Gasteiger partial charge on any atom is -0.375 e. The van der Waals surface area contributed by atoms with Crippen LogP contribution in [0.3, 0.4) is 0 Å². The van der Waals surface area contributed by atoms with Crippen LogP contribution in [0.5, 0.6) is 0 Å². The lowest BCUT2D eigenvalue weighted by Gasteiger charge is -2.14. The van der Waals surface area contributed by atoms with Crippen LogP contribution in [0, 0.1) is 11.8 Å². The third-order valence-corrected chi connectivity index (χ3v) is 5.16. The summed E-state index contributed by atoms with van der Waals surface area (Å²) in [5.41, 5.74) is 0. The molecule has 1 aliphatic heterocycles. The zero-order chi connectivity index (χ0) is 14.7. The van der Waals surface area contributed by atoms with E-state index < -0.39 is 0 Å². The Morgan fingerprint density at radius 1 is 1.20 bits per heavy atom. The average molecular weight is 297 g/mol. The minimum atomic E-state index is 0.250. The van der Waals surface area contributed by atoms with Gasteiger partial charge < -0.3 is 10.1 Å². The Hall–Kier alpha value is -0.520. The van der Waals surface area contributed by atoms with Crippen molar-refractivity contribution in [1.82, 2.24) is 15.5 Å². The van der Waals surface area contributed by atoms with Gasteiger partial charge in [0.25, 0.3) is 0 Å². The van der Waals surface area contributed by atoms with Gasteiger partial charge in [-0.2, -0.15) is 0 Å². The maximum atomic E-state index is 5.90. The van der Waals surface area contributed by atoms with Crippen molar-refractivity contribution in [3.8, 4) is 0 Å². The molecule has 114 valence electrons. The molecule has 1 aliphatic rings. The Balaban J connectivity index is 1.89. The molecule has 0 radical (unpaired) electrons. The number of hydrogen-bond donors (Lipinski definition) is 1. The van der Waals surface area contributed by atoms with Crippen LogP contribution in [0.2, 0.25) is 0 Å². The van der Waals surface area contributed by atoms with Gasteiger partial charge in [-0.05, 0) is 32.2 Å². The SMILES string of the molecule is CC(C)CNCCc1nnc(C2C(C)OC(C)C2C)s1. The lowest BCUT2D eigenvalue weighted by atomic mass is 9.90. The van der Waals surface area contributed by atoms with E-state index in [1.54, 1.807) is 11.3 Å². The number of ether oxygens (including phenoxy) is 1. The number of hydrogen-bond acceptors (Lipinski definition) is 5. The van der Waals surface area contributed by atoms with Crippen molar-refractivity contribution in [3.63, 3.8) is 0 Å². The first kappa shape index (κ1) is 15.9. The fourth-order valence-corrected chi connectivity index (χ4v) is 3.93. The lowest BCUT2D eigenvalue weighted by Crippen LogP contribution is -2.22. The molecule has 2 rings (SSSR count). The quantitative estimate of drug-likeness (QED) is 0.820. The van der Waals surface area contributed by atoms with Crippen LogP contribution in [-0.4, -0.2) is 35.5 Å². The van der Waals surface area contributed by atoms with E-state index in [0.29, 0.717) is 23.9 Å². The molecule has 1 N–H and O–H groups in total. The summed E-state index contributed by atoms with van der Waals surface area (Å²) in [7, 11) is 0. The first-order valence-corrected chi connectivity index (χ1v) is 8.49. The van der Waals surface area contributed by atoms with Gasteiger partial charge in [0.15, 0.2) is 0 Å². The first-order chi connectivity index (χ1) is 9.49. The molecule has 4 atom stereocenters. The third-order valence-electron chi connectivity index (χ3n) is 4.08. The van der Waals surface area contributed by atoms with Gasteiger partial charge in [-0.25, -0.2) is 0 Å². The third kappa shape index (κ3) is 3.77. The first-order valence-electron chi connectivity index (χ1n) is 7.67. The number of nitrogens with zero attached hydrogens (tertiary/aromatic N) is 2. The van der Waals surface area contributed by atoms with Crippen molar-refractivity contribution in [1.29, 1.82) is 0 Å². The van der Waals surface area contributed by atoms with Crippen molar-refractivity contribution in [2.45, 2.75) is 59.2 Å². The van der Waals surface area contributed by atoms with Gasteiger partial charge in [0.1, 0.15) is 10.0 Å². The zero-order valence-corrected chi connectivity index (χ0v) is 14.0. The zero-order valence-electron chi connectivity index (χ0n) is 13.2. The summed E-state index contributed by atoms with van der Waals surface area (Å²) in [5, 5.41) is 14.5. The van der Waals surface area contributed by atoms with Crippen LogP contribution in [0.25, 0.3) is 0 Å². The molecule has 0 saturated carbocycles. The second kappa shape index (κ2) is 6.96. The van der Waals surface area contributed by atoms with Gasteiger partial charge in [0.2, 0.25) is 0 Å². The highest BCUT2D eigenvalue weighted by Gasteiger charge is 2.39. The van der Waals surface area contributed by atoms with E-state index in [9.17, 15) is 0 Å². The largest absolute Gasteiger partial charge is 0.375 e. The Morgan fingerprint density at radius 2 is 1.95 bits per heavy atom. The summed E-state index contributed by atoms with van der Waals surface area (Å²) in [6.07, 6.45) is 1.53. The number of rotatable bonds is 6. The molecule has 0 spiro atoms. The predicted molar refractivity (Wildman–Crippen MR) is 83.2 cm³/mol. The fourth-order valence-electron chi connectivity index (χ4n) is 2.78. The van der Waals surface area contributed by atoms with E-state index in [1.807, 2.05) is 0 Å². The molecule has 1 aromatic heterocycles. The Morgan fingerprint density at radius 3 is 2.55 bits per heavy atom. The molecule has 1 saturated heterocycles. The van der Waals surface area contributed by atoms with Crippen molar-refractivity contribution in [2.24, 2.45) is 11.8 Å². The van der Waals surface area contributed by atoms with Crippen molar-refractivity contribution in [2.75, 3.05) is 13.1 Å². The maximum absolute atomic E-state index is 5.90. The summed E-state index contributed by atoms with van der Waals surface area (Å²) in [5.74, 6) is 1.61. The monoisotopic (exact) mass is 297 g/mol. The van der Waals surface area contributed by atoms with Crippen molar-refractivity contribution >= 4 is 11.3 Å². The summed E-state index contributed by atoms with van der Waals surface area (Å²) < 4.78 is 5.90. The second-order valence-corrected chi connectivity index (χ2v) is 7.41. The van der Waals surface area contributed by atoms with E-state index in [0.717, 1.165) is 29.5 Å². The topological polar surface area (TPSA) is 47.0 Å². The van der Waals surface area contributed by atoms with Gasteiger partial charge in [-0.3, -0.25) is 0 Å². The Bertz CT molecular complexity index is 421.